The number of hydrogen-bond donors (Lipinski definition) is 0. The summed E-state index contributed by atoms with van der Waals surface area (Å²) >= 11 is 0. The highest BCUT2D eigenvalue weighted by atomic mass is 28.3. The smallest absolute Gasteiger partial charge is 0.118 e. The first-order valence-electron chi connectivity index (χ1n) is 9.11. The molecule has 0 aliphatic heterocycles. The summed E-state index contributed by atoms with van der Waals surface area (Å²) in [4.78, 5) is 0. The molecular formula is C24H26O2Si. The number of ether oxygens (including phenoxy) is 2. The van der Waals surface area contributed by atoms with E-state index in [1.54, 1.807) is 14.2 Å². The lowest BCUT2D eigenvalue weighted by molar-refractivity contribution is 0.414. The summed E-state index contributed by atoms with van der Waals surface area (Å²) in [5, 5.41) is 2.81. The summed E-state index contributed by atoms with van der Waals surface area (Å²) in [6.07, 6.45) is 2.32. The standard InChI is InChI=1S/C24H26O2Si/c1-25-21-14-10-19(11-15-21)18-24(20-12-16-22(26-2)17-13-20)27(3,4)23-8-6-5-7-9-23/h5-18H,1-4H3/b24-18+. The summed E-state index contributed by atoms with van der Waals surface area (Å²) in [5.41, 5.74) is 2.42. The average molecular weight is 375 g/mol. The Morgan fingerprint density at radius 3 is 1.74 bits per heavy atom. The zero-order valence-corrected chi connectivity index (χ0v) is 17.4. The highest BCUT2D eigenvalue weighted by Gasteiger charge is 2.29. The van der Waals surface area contributed by atoms with Gasteiger partial charge in [0.15, 0.2) is 0 Å². The molecule has 0 fully saturated rings. The van der Waals surface area contributed by atoms with E-state index in [-0.39, 0.29) is 0 Å². The number of methoxy groups -OCH3 is 2. The number of hydrogen-bond acceptors (Lipinski definition) is 2. The normalized spacial score (nSPS) is 11.9. The predicted octanol–water partition coefficient (Wildman–Crippen LogP) is 5.40. The van der Waals surface area contributed by atoms with Crippen molar-refractivity contribution in [2.45, 2.75) is 13.1 Å². The van der Waals surface area contributed by atoms with Crippen LogP contribution in [0, 0.1) is 0 Å². The average Bonchev–Trinajstić information content (AvgIpc) is 2.73. The molecule has 0 bridgehead atoms. The summed E-state index contributed by atoms with van der Waals surface area (Å²) in [7, 11) is 1.50. The van der Waals surface area contributed by atoms with Gasteiger partial charge in [-0.25, -0.2) is 0 Å². The second-order valence-electron chi connectivity index (χ2n) is 7.05. The Hall–Kier alpha value is -2.78. The van der Waals surface area contributed by atoms with Gasteiger partial charge in [0.05, 0.1) is 14.2 Å². The first-order chi connectivity index (χ1) is 13.0. The van der Waals surface area contributed by atoms with Gasteiger partial charge in [0, 0.05) is 0 Å². The van der Waals surface area contributed by atoms with Crippen molar-refractivity contribution in [1.29, 1.82) is 0 Å². The maximum Gasteiger partial charge on any atom is 0.118 e. The van der Waals surface area contributed by atoms with Crippen LogP contribution in [-0.4, -0.2) is 22.3 Å². The Morgan fingerprint density at radius 1 is 0.704 bits per heavy atom. The summed E-state index contributed by atoms with van der Waals surface area (Å²) in [5.74, 6) is 1.75. The molecule has 0 aliphatic rings. The quantitative estimate of drug-likeness (QED) is 0.425. The molecule has 3 aromatic rings. The molecule has 0 aromatic heterocycles. The first-order valence-corrected chi connectivity index (χ1v) is 12.1. The molecule has 2 nitrogen and oxygen atoms in total. The Labute approximate surface area is 163 Å². The van der Waals surface area contributed by atoms with Gasteiger partial charge in [-0.3, -0.25) is 0 Å². The van der Waals surface area contributed by atoms with Gasteiger partial charge in [0.25, 0.3) is 0 Å². The third kappa shape index (κ3) is 4.31. The molecule has 0 radical (unpaired) electrons. The molecular weight excluding hydrogens is 348 g/mol. The molecule has 0 aliphatic carbocycles. The third-order valence-corrected chi connectivity index (χ3v) is 8.55. The minimum Gasteiger partial charge on any atom is -0.497 e. The zero-order valence-electron chi connectivity index (χ0n) is 16.4. The molecule has 3 aromatic carbocycles. The van der Waals surface area contributed by atoms with Gasteiger partial charge >= 0.3 is 0 Å². The van der Waals surface area contributed by atoms with Crippen LogP contribution >= 0.6 is 0 Å². The largest absolute Gasteiger partial charge is 0.497 e. The highest BCUT2D eigenvalue weighted by Crippen LogP contribution is 2.30. The van der Waals surface area contributed by atoms with Crippen molar-refractivity contribution in [3.63, 3.8) is 0 Å². The van der Waals surface area contributed by atoms with Crippen molar-refractivity contribution in [2.75, 3.05) is 14.2 Å². The van der Waals surface area contributed by atoms with E-state index in [0.29, 0.717) is 0 Å². The summed E-state index contributed by atoms with van der Waals surface area (Å²) in [6, 6.07) is 27.4. The number of rotatable bonds is 6. The van der Waals surface area contributed by atoms with Crippen molar-refractivity contribution < 1.29 is 9.47 Å². The van der Waals surface area contributed by atoms with Gasteiger partial charge in [0.2, 0.25) is 0 Å². The van der Waals surface area contributed by atoms with Crippen molar-refractivity contribution in [1.82, 2.24) is 0 Å². The van der Waals surface area contributed by atoms with Gasteiger partial charge in [-0.15, -0.1) is 0 Å². The van der Waals surface area contributed by atoms with Gasteiger partial charge in [-0.05, 0) is 40.6 Å². The molecule has 0 saturated heterocycles. The van der Waals surface area contributed by atoms with Crippen LogP contribution in [0.3, 0.4) is 0 Å². The maximum atomic E-state index is 5.34. The molecule has 0 N–H and O–H groups in total. The summed E-state index contributed by atoms with van der Waals surface area (Å²) < 4.78 is 10.6. The Kier molecular flexibility index (Phi) is 5.82. The second kappa shape index (κ2) is 8.27. The SMILES string of the molecule is COc1ccc(/C=C(\c2ccc(OC)cc2)[Si](C)(C)c2ccccc2)cc1. The fraction of sp³-hybridized carbons (Fsp3) is 0.167. The van der Waals surface area contributed by atoms with Gasteiger partial charge in [-0.2, -0.15) is 0 Å². The molecule has 27 heavy (non-hydrogen) atoms. The van der Waals surface area contributed by atoms with Gasteiger partial charge in [-0.1, -0.05) is 79.0 Å². The van der Waals surface area contributed by atoms with Crippen LogP contribution in [0.5, 0.6) is 11.5 Å². The lowest BCUT2D eigenvalue weighted by Crippen LogP contribution is -2.42. The Balaban J connectivity index is 2.11. The lowest BCUT2D eigenvalue weighted by atomic mass is 10.1. The van der Waals surface area contributed by atoms with E-state index >= 15 is 0 Å². The van der Waals surface area contributed by atoms with Crippen molar-refractivity contribution in [2.24, 2.45) is 0 Å². The van der Waals surface area contributed by atoms with Crippen LogP contribution in [0.1, 0.15) is 11.1 Å². The predicted molar refractivity (Wildman–Crippen MR) is 117 cm³/mol. The molecule has 138 valence electrons. The minimum absolute atomic E-state index is 0.873. The molecule has 0 heterocycles. The fourth-order valence-corrected chi connectivity index (χ4v) is 6.02. The van der Waals surface area contributed by atoms with Gasteiger partial charge in [0.1, 0.15) is 19.6 Å². The highest BCUT2D eigenvalue weighted by molar-refractivity contribution is 7.05. The number of benzene rings is 3. The van der Waals surface area contributed by atoms with E-state index in [1.807, 2.05) is 24.3 Å². The van der Waals surface area contributed by atoms with Crippen LogP contribution < -0.4 is 14.7 Å². The van der Waals surface area contributed by atoms with Crippen molar-refractivity contribution in [3.05, 3.63) is 90.0 Å². The van der Waals surface area contributed by atoms with E-state index in [0.717, 1.165) is 11.5 Å². The van der Waals surface area contributed by atoms with Crippen molar-refractivity contribution >= 4 is 24.5 Å². The van der Waals surface area contributed by atoms with Crippen LogP contribution in [0.2, 0.25) is 13.1 Å². The molecule has 0 unspecified atom stereocenters. The molecule has 0 spiro atoms. The Bertz CT molecular complexity index is 895. The van der Waals surface area contributed by atoms with E-state index < -0.39 is 8.07 Å². The van der Waals surface area contributed by atoms with Crippen molar-refractivity contribution in [3.8, 4) is 11.5 Å². The topological polar surface area (TPSA) is 18.5 Å². The fourth-order valence-electron chi connectivity index (χ4n) is 3.27. The molecule has 0 atom stereocenters. The second-order valence-corrected chi connectivity index (χ2v) is 11.4. The Morgan fingerprint density at radius 2 is 1.22 bits per heavy atom. The van der Waals surface area contributed by atoms with Crippen LogP contribution in [-0.2, 0) is 0 Å². The van der Waals surface area contributed by atoms with E-state index in [9.17, 15) is 0 Å². The monoisotopic (exact) mass is 374 g/mol. The van der Waals surface area contributed by atoms with E-state index in [1.165, 1.54) is 21.5 Å². The summed E-state index contributed by atoms with van der Waals surface area (Å²) in [6.45, 7) is 4.81. The van der Waals surface area contributed by atoms with Crippen LogP contribution in [0.15, 0.2) is 78.9 Å². The molecule has 0 amide bonds. The zero-order chi connectivity index (χ0) is 19.3. The first kappa shape index (κ1) is 19.0. The lowest BCUT2D eigenvalue weighted by Gasteiger charge is -2.27. The maximum absolute atomic E-state index is 5.34. The van der Waals surface area contributed by atoms with Crippen LogP contribution in [0.4, 0.5) is 0 Å². The third-order valence-electron chi connectivity index (χ3n) is 5.00. The van der Waals surface area contributed by atoms with E-state index in [4.69, 9.17) is 9.47 Å². The van der Waals surface area contributed by atoms with Gasteiger partial charge < -0.3 is 9.47 Å². The molecule has 3 heteroatoms. The molecule has 3 rings (SSSR count). The van der Waals surface area contributed by atoms with E-state index in [2.05, 4.69) is 73.8 Å². The van der Waals surface area contributed by atoms with Crippen LogP contribution in [0.25, 0.3) is 11.3 Å². The minimum atomic E-state index is -1.89. The molecule has 0 saturated carbocycles.